The van der Waals surface area contributed by atoms with Crippen LogP contribution in [0, 0.1) is 5.41 Å². The highest BCUT2D eigenvalue weighted by Gasteiger charge is 2.08. The number of allylic oxidation sites excluding steroid dienone is 1. The van der Waals surface area contributed by atoms with Crippen molar-refractivity contribution in [2.24, 2.45) is 0 Å². The first-order valence-corrected chi connectivity index (χ1v) is 5.79. The maximum absolute atomic E-state index is 11.5. The summed E-state index contributed by atoms with van der Waals surface area (Å²) in [6, 6.07) is 9.65. The molecular weight excluding hydrogens is 252 g/mol. The van der Waals surface area contributed by atoms with Crippen molar-refractivity contribution in [2.75, 3.05) is 6.73 Å². The van der Waals surface area contributed by atoms with Gasteiger partial charge in [0.2, 0.25) is 0 Å². The third-order valence-corrected chi connectivity index (χ3v) is 2.68. The molecule has 2 N–H and O–H groups in total. The number of carbonyl (C=O) groups is 1. The Morgan fingerprint density at radius 3 is 2.72 bits per heavy atom. The summed E-state index contributed by atoms with van der Waals surface area (Å²) < 4.78 is 5.28. The van der Waals surface area contributed by atoms with Gasteiger partial charge in [0.15, 0.2) is 0 Å². The lowest BCUT2D eigenvalue weighted by Crippen LogP contribution is -2.26. The first kappa shape index (κ1) is 14.4. The molecule has 1 aromatic rings. The van der Waals surface area contributed by atoms with Crippen molar-refractivity contribution in [3.8, 4) is 0 Å². The van der Waals surface area contributed by atoms with E-state index in [4.69, 9.17) is 21.7 Å². The van der Waals surface area contributed by atoms with E-state index in [0.717, 1.165) is 11.8 Å². The monoisotopic (exact) mass is 266 g/mol. The fourth-order valence-corrected chi connectivity index (χ4v) is 1.30. The van der Waals surface area contributed by atoms with Crippen molar-refractivity contribution in [2.45, 2.75) is 13.5 Å². The second kappa shape index (κ2) is 7.63. The van der Waals surface area contributed by atoms with E-state index in [9.17, 15) is 4.79 Å². The summed E-state index contributed by atoms with van der Waals surface area (Å²) in [7, 11) is 0. The quantitative estimate of drug-likeness (QED) is 0.360. The van der Waals surface area contributed by atoms with Gasteiger partial charge in [-0.2, -0.15) is 0 Å². The predicted octanol–water partition coefficient (Wildman–Crippen LogP) is 2.44. The largest absolute Gasteiger partial charge is 0.357 e. The van der Waals surface area contributed by atoms with Crippen LogP contribution in [0.1, 0.15) is 12.5 Å². The molecule has 0 aliphatic heterocycles. The van der Waals surface area contributed by atoms with Gasteiger partial charge in [-0.1, -0.05) is 41.9 Å². The fraction of sp³-hybridized carbons (Fsp3) is 0.231. The molecule has 5 heteroatoms. The van der Waals surface area contributed by atoms with E-state index in [1.54, 1.807) is 6.92 Å². The van der Waals surface area contributed by atoms with Gasteiger partial charge in [-0.15, -0.1) is 0 Å². The van der Waals surface area contributed by atoms with E-state index >= 15 is 0 Å². The zero-order chi connectivity index (χ0) is 13.4. The number of rotatable bonds is 6. The van der Waals surface area contributed by atoms with Crippen LogP contribution in [0.5, 0.6) is 0 Å². The van der Waals surface area contributed by atoms with E-state index < -0.39 is 5.91 Å². The molecule has 0 heterocycles. The van der Waals surface area contributed by atoms with Crippen LogP contribution in [0.3, 0.4) is 0 Å². The third-order valence-electron chi connectivity index (χ3n) is 2.21. The van der Waals surface area contributed by atoms with Gasteiger partial charge < -0.3 is 15.5 Å². The number of hydrogen-bond acceptors (Lipinski definition) is 3. The maximum atomic E-state index is 11.5. The van der Waals surface area contributed by atoms with Crippen LogP contribution in [0.2, 0.25) is 0 Å². The third kappa shape index (κ3) is 4.69. The standard InChI is InChI=1S/C13H15ClN2O2/c1-10(7-15)12(14)13(17)16-9-18-8-11-5-3-2-4-6-11/h2-7,15H,8-9H2,1H3,(H,16,17)/b12-10+,15-7?. The van der Waals surface area contributed by atoms with E-state index in [0.29, 0.717) is 12.2 Å². The number of nitrogens with one attached hydrogen (secondary N) is 2. The molecule has 96 valence electrons. The van der Waals surface area contributed by atoms with Crippen molar-refractivity contribution >= 4 is 23.7 Å². The van der Waals surface area contributed by atoms with Crippen LogP contribution in [0.25, 0.3) is 0 Å². The highest BCUT2D eigenvalue weighted by atomic mass is 35.5. The predicted molar refractivity (Wildman–Crippen MR) is 71.6 cm³/mol. The van der Waals surface area contributed by atoms with Crippen LogP contribution >= 0.6 is 11.6 Å². The summed E-state index contributed by atoms with van der Waals surface area (Å²) >= 11 is 5.74. The topological polar surface area (TPSA) is 62.2 Å². The Hall–Kier alpha value is -1.65. The zero-order valence-electron chi connectivity index (χ0n) is 10.1. The van der Waals surface area contributed by atoms with E-state index in [1.807, 2.05) is 30.3 Å². The SMILES string of the molecule is C/C(C=N)=C(\Cl)C(=O)NCOCc1ccccc1. The van der Waals surface area contributed by atoms with Gasteiger partial charge in [0.25, 0.3) is 5.91 Å². The zero-order valence-corrected chi connectivity index (χ0v) is 10.8. The number of benzene rings is 1. The molecule has 0 radical (unpaired) electrons. The molecule has 18 heavy (non-hydrogen) atoms. The highest BCUT2D eigenvalue weighted by molar-refractivity contribution is 6.43. The summed E-state index contributed by atoms with van der Waals surface area (Å²) in [6.07, 6.45) is 1.03. The Balaban J connectivity index is 2.31. The molecule has 0 atom stereocenters. The second-order valence-corrected chi connectivity index (χ2v) is 4.00. The van der Waals surface area contributed by atoms with Crippen LogP contribution in [-0.2, 0) is 16.1 Å². The number of carbonyl (C=O) groups excluding carboxylic acids is 1. The maximum Gasteiger partial charge on any atom is 0.264 e. The van der Waals surface area contributed by atoms with Crippen molar-refractivity contribution in [1.82, 2.24) is 5.32 Å². The normalized spacial score (nSPS) is 11.7. The van der Waals surface area contributed by atoms with E-state index in [1.165, 1.54) is 0 Å². The molecule has 0 saturated heterocycles. The average Bonchev–Trinajstić information content (AvgIpc) is 2.42. The van der Waals surface area contributed by atoms with Crippen LogP contribution in [-0.4, -0.2) is 18.9 Å². The summed E-state index contributed by atoms with van der Waals surface area (Å²) in [5, 5.41) is 9.50. The van der Waals surface area contributed by atoms with Gasteiger partial charge in [0.05, 0.1) is 6.61 Å². The number of ether oxygens (including phenoxy) is 1. The molecule has 0 fully saturated rings. The summed E-state index contributed by atoms with van der Waals surface area (Å²) in [5.74, 6) is -0.439. The second-order valence-electron chi connectivity index (χ2n) is 3.63. The first-order valence-electron chi connectivity index (χ1n) is 5.42. The molecule has 0 saturated carbocycles. The molecule has 0 aliphatic carbocycles. The molecule has 0 bridgehead atoms. The molecule has 0 aromatic heterocycles. The minimum atomic E-state index is -0.439. The van der Waals surface area contributed by atoms with Crippen LogP contribution < -0.4 is 5.32 Å². The molecule has 1 amide bonds. The van der Waals surface area contributed by atoms with Crippen LogP contribution in [0.15, 0.2) is 40.9 Å². The van der Waals surface area contributed by atoms with Gasteiger partial charge in [0.1, 0.15) is 11.8 Å². The van der Waals surface area contributed by atoms with E-state index in [-0.39, 0.29) is 11.8 Å². The van der Waals surface area contributed by atoms with Crippen molar-refractivity contribution in [1.29, 1.82) is 5.41 Å². The Bertz CT molecular complexity index is 444. The molecule has 0 unspecified atom stereocenters. The van der Waals surface area contributed by atoms with Crippen molar-refractivity contribution < 1.29 is 9.53 Å². The van der Waals surface area contributed by atoms with Gasteiger partial charge >= 0.3 is 0 Å². The first-order chi connectivity index (χ1) is 8.65. The Morgan fingerprint density at radius 2 is 2.11 bits per heavy atom. The van der Waals surface area contributed by atoms with Crippen LogP contribution in [0.4, 0.5) is 0 Å². The minimum absolute atomic E-state index is 0.00770. The molecule has 4 nitrogen and oxygen atoms in total. The number of amides is 1. The number of halogens is 1. The lowest BCUT2D eigenvalue weighted by molar-refractivity contribution is -0.118. The smallest absolute Gasteiger partial charge is 0.264 e. The number of hydrogen-bond donors (Lipinski definition) is 2. The van der Waals surface area contributed by atoms with Crippen molar-refractivity contribution in [3.63, 3.8) is 0 Å². The molecule has 1 rings (SSSR count). The Kier molecular flexibility index (Phi) is 6.11. The lowest BCUT2D eigenvalue weighted by atomic mass is 10.2. The molecule has 1 aromatic carbocycles. The van der Waals surface area contributed by atoms with Gasteiger partial charge in [-0.05, 0) is 18.1 Å². The summed E-state index contributed by atoms with van der Waals surface area (Å²) in [5.41, 5.74) is 1.45. The average molecular weight is 267 g/mol. The lowest BCUT2D eigenvalue weighted by Gasteiger charge is -2.06. The van der Waals surface area contributed by atoms with Crippen molar-refractivity contribution in [3.05, 3.63) is 46.5 Å². The minimum Gasteiger partial charge on any atom is -0.357 e. The summed E-state index contributed by atoms with van der Waals surface area (Å²) in [4.78, 5) is 11.5. The fourth-order valence-electron chi connectivity index (χ4n) is 1.18. The van der Waals surface area contributed by atoms with E-state index in [2.05, 4.69) is 5.32 Å². The Labute approximate surface area is 111 Å². The van der Waals surface area contributed by atoms with Gasteiger partial charge in [-0.3, -0.25) is 4.79 Å². The molecule has 0 aliphatic rings. The molecule has 0 spiro atoms. The Morgan fingerprint density at radius 1 is 1.44 bits per heavy atom. The summed E-state index contributed by atoms with van der Waals surface area (Å²) in [6.45, 7) is 2.10. The van der Waals surface area contributed by atoms with Gasteiger partial charge in [0, 0.05) is 6.21 Å². The highest BCUT2D eigenvalue weighted by Crippen LogP contribution is 2.07. The van der Waals surface area contributed by atoms with Gasteiger partial charge in [-0.25, -0.2) is 0 Å². The molecular formula is C13H15ClN2O2.